The van der Waals surface area contributed by atoms with Crippen LogP contribution in [0.15, 0.2) is 24.8 Å². The van der Waals surface area contributed by atoms with Gasteiger partial charge in [-0.05, 0) is 19.1 Å². The molecule has 1 atom stereocenters. The zero-order valence-corrected chi connectivity index (χ0v) is 6.49. The first-order valence-corrected chi connectivity index (χ1v) is 3.42. The zero-order valence-electron chi connectivity index (χ0n) is 6.49. The minimum Gasteiger partial charge on any atom is -0.319 e. The molecule has 1 heterocycles. The van der Waals surface area contributed by atoms with E-state index in [1.807, 2.05) is 19.1 Å². The van der Waals surface area contributed by atoms with Crippen molar-refractivity contribution < 1.29 is 0 Å². The molecule has 58 valence electrons. The third kappa shape index (κ3) is 1.85. The third-order valence-electron chi connectivity index (χ3n) is 1.41. The molecule has 1 unspecified atom stereocenters. The van der Waals surface area contributed by atoms with Gasteiger partial charge in [0.05, 0.1) is 17.4 Å². The quantitative estimate of drug-likeness (QED) is 0.637. The molecule has 0 aromatic carbocycles. The van der Waals surface area contributed by atoms with Gasteiger partial charge in [-0.2, -0.15) is 10.2 Å². The normalized spacial score (nSPS) is 12.5. The van der Waals surface area contributed by atoms with E-state index in [9.17, 15) is 0 Å². The Bertz CT molecular complexity index is 240. The molecule has 0 fully saturated rings. The van der Waals surface area contributed by atoms with Crippen molar-refractivity contribution in [2.75, 3.05) is 0 Å². The van der Waals surface area contributed by atoms with Gasteiger partial charge >= 0.3 is 0 Å². The molecule has 0 aliphatic carbocycles. The van der Waals surface area contributed by atoms with E-state index in [0.717, 1.165) is 11.4 Å². The lowest BCUT2D eigenvalue weighted by Crippen LogP contribution is -2.09. The van der Waals surface area contributed by atoms with E-state index in [1.165, 1.54) is 0 Å². The molecular weight excluding hydrogens is 138 g/mol. The van der Waals surface area contributed by atoms with E-state index in [-0.39, 0.29) is 6.04 Å². The van der Waals surface area contributed by atoms with Crippen LogP contribution in [-0.4, -0.2) is 10.2 Å². The Morgan fingerprint density at radius 2 is 2.27 bits per heavy atom. The summed E-state index contributed by atoms with van der Waals surface area (Å²) in [5.41, 5.74) is 7.27. The first-order valence-electron chi connectivity index (χ1n) is 3.42. The summed E-state index contributed by atoms with van der Waals surface area (Å²) in [6.45, 7) is 5.45. The third-order valence-corrected chi connectivity index (χ3v) is 1.41. The average molecular weight is 149 g/mol. The van der Waals surface area contributed by atoms with Crippen LogP contribution in [0, 0.1) is 6.92 Å². The molecule has 2 N–H and O–H groups in total. The summed E-state index contributed by atoms with van der Waals surface area (Å²) >= 11 is 0. The fourth-order valence-electron chi connectivity index (χ4n) is 0.708. The lowest BCUT2D eigenvalue weighted by atomic mass is 10.2. The van der Waals surface area contributed by atoms with Gasteiger partial charge in [0, 0.05) is 0 Å². The van der Waals surface area contributed by atoms with Crippen molar-refractivity contribution in [2.24, 2.45) is 5.73 Å². The molecule has 1 rings (SSSR count). The van der Waals surface area contributed by atoms with Crippen LogP contribution in [0.1, 0.15) is 17.4 Å². The zero-order chi connectivity index (χ0) is 8.27. The fourth-order valence-corrected chi connectivity index (χ4v) is 0.708. The highest BCUT2D eigenvalue weighted by Gasteiger charge is 2.01. The number of hydrogen-bond acceptors (Lipinski definition) is 3. The van der Waals surface area contributed by atoms with Crippen molar-refractivity contribution in [3.05, 3.63) is 36.2 Å². The number of nitrogens with two attached hydrogens (primary N) is 1. The van der Waals surface area contributed by atoms with Gasteiger partial charge in [-0.15, -0.1) is 6.58 Å². The molecule has 3 nitrogen and oxygen atoms in total. The van der Waals surface area contributed by atoms with Gasteiger partial charge in [-0.1, -0.05) is 6.08 Å². The van der Waals surface area contributed by atoms with E-state index < -0.39 is 0 Å². The average Bonchev–Trinajstić information content (AvgIpc) is 2.05. The second-order valence-corrected chi connectivity index (χ2v) is 2.36. The molecule has 0 spiro atoms. The van der Waals surface area contributed by atoms with Crippen LogP contribution >= 0.6 is 0 Å². The molecule has 1 aromatic rings. The van der Waals surface area contributed by atoms with Crippen molar-refractivity contribution in [3.8, 4) is 0 Å². The van der Waals surface area contributed by atoms with Crippen molar-refractivity contribution >= 4 is 0 Å². The van der Waals surface area contributed by atoms with Crippen LogP contribution in [0.4, 0.5) is 0 Å². The van der Waals surface area contributed by atoms with E-state index in [1.54, 1.807) is 6.08 Å². The molecule has 0 aliphatic rings. The maximum Gasteiger partial charge on any atom is 0.0837 e. The van der Waals surface area contributed by atoms with Gasteiger partial charge < -0.3 is 5.73 Å². The van der Waals surface area contributed by atoms with Crippen LogP contribution in [0.2, 0.25) is 0 Å². The minimum atomic E-state index is -0.205. The standard InChI is InChI=1S/C8H11N3/c1-3-7(9)8-5-4-6(2)10-11-8/h3-5,7H,1,9H2,2H3. The summed E-state index contributed by atoms with van der Waals surface area (Å²) in [5.74, 6) is 0. The van der Waals surface area contributed by atoms with Crippen molar-refractivity contribution in [1.29, 1.82) is 0 Å². The lowest BCUT2D eigenvalue weighted by Gasteiger charge is -2.02. The van der Waals surface area contributed by atoms with E-state index in [0.29, 0.717) is 0 Å². The smallest absolute Gasteiger partial charge is 0.0837 e. The maximum absolute atomic E-state index is 5.62. The summed E-state index contributed by atoms with van der Waals surface area (Å²) < 4.78 is 0. The Labute approximate surface area is 65.9 Å². The first kappa shape index (κ1) is 7.88. The molecule has 3 heteroatoms. The molecular formula is C8H11N3. The summed E-state index contributed by atoms with van der Waals surface area (Å²) in [5, 5.41) is 7.77. The number of rotatable bonds is 2. The summed E-state index contributed by atoms with van der Waals surface area (Å²) in [7, 11) is 0. The van der Waals surface area contributed by atoms with E-state index in [4.69, 9.17) is 5.73 Å². The summed E-state index contributed by atoms with van der Waals surface area (Å²) in [4.78, 5) is 0. The molecule has 0 aliphatic heterocycles. The molecule has 11 heavy (non-hydrogen) atoms. The second kappa shape index (κ2) is 3.25. The highest BCUT2D eigenvalue weighted by Crippen LogP contribution is 2.05. The van der Waals surface area contributed by atoms with Gasteiger partial charge in [0.15, 0.2) is 0 Å². The fraction of sp³-hybridized carbons (Fsp3) is 0.250. The van der Waals surface area contributed by atoms with Gasteiger partial charge in [0.1, 0.15) is 0 Å². The predicted octanol–water partition coefficient (Wildman–Crippen LogP) is 0.971. The Hall–Kier alpha value is -1.22. The SMILES string of the molecule is C=CC(N)c1ccc(C)nn1. The Morgan fingerprint density at radius 3 is 2.73 bits per heavy atom. The van der Waals surface area contributed by atoms with Crippen molar-refractivity contribution in [1.82, 2.24) is 10.2 Å². The predicted molar refractivity (Wildman–Crippen MR) is 43.9 cm³/mol. The van der Waals surface area contributed by atoms with Crippen molar-refractivity contribution in [2.45, 2.75) is 13.0 Å². The highest BCUT2D eigenvalue weighted by atomic mass is 15.1. The Balaban J connectivity index is 2.89. The Kier molecular flexibility index (Phi) is 2.33. The number of aromatic nitrogens is 2. The molecule has 0 saturated carbocycles. The molecule has 0 saturated heterocycles. The van der Waals surface area contributed by atoms with Crippen molar-refractivity contribution in [3.63, 3.8) is 0 Å². The van der Waals surface area contributed by atoms with Crippen LogP contribution in [0.25, 0.3) is 0 Å². The summed E-state index contributed by atoms with van der Waals surface area (Å²) in [6.07, 6.45) is 1.64. The van der Waals surface area contributed by atoms with Gasteiger partial charge in [-0.3, -0.25) is 0 Å². The molecule has 0 radical (unpaired) electrons. The number of nitrogens with zero attached hydrogens (tertiary/aromatic N) is 2. The second-order valence-electron chi connectivity index (χ2n) is 2.36. The number of aryl methyl sites for hydroxylation is 1. The van der Waals surface area contributed by atoms with Crippen LogP contribution in [0.5, 0.6) is 0 Å². The topological polar surface area (TPSA) is 51.8 Å². The maximum atomic E-state index is 5.62. The van der Waals surface area contributed by atoms with Crippen LogP contribution in [-0.2, 0) is 0 Å². The van der Waals surface area contributed by atoms with Crippen LogP contribution < -0.4 is 5.73 Å². The van der Waals surface area contributed by atoms with Gasteiger partial charge in [0.2, 0.25) is 0 Å². The summed E-state index contributed by atoms with van der Waals surface area (Å²) in [6, 6.07) is 3.53. The van der Waals surface area contributed by atoms with Gasteiger partial charge in [0.25, 0.3) is 0 Å². The van der Waals surface area contributed by atoms with E-state index in [2.05, 4.69) is 16.8 Å². The molecule has 0 bridgehead atoms. The largest absolute Gasteiger partial charge is 0.319 e. The Morgan fingerprint density at radius 1 is 1.55 bits per heavy atom. The van der Waals surface area contributed by atoms with Gasteiger partial charge in [-0.25, -0.2) is 0 Å². The van der Waals surface area contributed by atoms with E-state index >= 15 is 0 Å². The van der Waals surface area contributed by atoms with Crippen LogP contribution in [0.3, 0.4) is 0 Å². The number of hydrogen-bond donors (Lipinski definition) is 1. The monoisotopic (exact) mass is 149 g/mol. The molecule has 1 aromatic heterocycles. The lowest BCUT2D eigenvalue weighted by molar-refractivity contribution is 0.806. The highest BCUT2D eigenvalue weighted by molar-refractivity contribution is 5.12. The molecule has 0 amide bonds. The minimum absolute atomic E-state index is 0.205. The first-order chi connectivity index (χ1) is 5.24.